The van der Waals surface area contributed by atoms with Crippen LogP contribution in [0.4, 0.5) is 28.3 Å². The molecule has 15 rings (SSSR count). The molecule has 0 saturated carbocycles. The zero-order chi connectivity index (χ0) is 106. The fourth-order valence-electron chi connectivity index (χ4n) is 17.1. The largest absolute Gasteiger partial charge is 0.472 e. The smallest absolute Gasteiger partial charge is 0.387 e. The van der Waals surface area contributed by atoms with E-state index >= 15 is 18.3 Å². The third-order valence-electron chi connectivity index (χ3n) is 24.1. The summed E-state index contributed by atoms with van der Waals surface area (Å²) in [7, 11) is -5.10. The number of rotatable bonds is 53. The summed E-state index contributed by atoms with van der Waals surface area (Å²) in [6.07, 6.45) is -29.0. The van der Waals surface area contributed by atoms with Crippen LogP contribution in [0, 0.1) is 13.8 Å². The SMILES string of the molecule is CCC[C@H]1O[C@@H](n2cc(C)c(=O)[nH]c2=O)CC1OP(=O)(S)OC[C@H]1O[C@@H](n2cnc3c(=O)[nH]c(N)nc32)[C@@H](OCCOC)C1OP(=O)(O)OC[C@H]1O[C@@H](n2cnc3c(=O)[nH]c(N)nc32)[C@@H](OCCOC)C1OP(=O)(O)OC[C@H]1O[C@@H](n2cnc3c(N)ncnc32)[C@@H](OCCOC)C1OP(=O)(S)OC[C@H]1O[C@@H](n2cc(C)c(N)nc2=O)[C@@H](OCCOC)C1OP(=O)(S)OC[C@H]1O[C@@H](N2C=C(C)C(N)NC2=O)[C@@H](OCCOC)C1O. The average Bonchev–Trinajstić information content (AvgIpc) is 1.61. The highest BCUT2D eigenvalue weighted by molar-refractivity contribution is 8.45. The predicted octanol–water partition coefficient (Wildman–Crippen LogP) is 0.304. The number of hydrogen-bond donors (Lipinski definition) is 15. The highest BCUT2D eigenvalue weighted by Gasteiger charge is 2.59. The number of carbonyl (C=O) groups is 1. The Kier molecular flexibility index (Phi) is 37.9. The lowest BCUT2D eigenvalue weighted by Crippen LogP contribution is -2.57. The Labute approximate surface area is 853 Å². The number of fused-ring (bicyclic) bond motifs is 3. The maximum Gasteiger partial charge on any atom is 0.472 e. The number of nitrogen functional groups attached to an aromatic ring is 4. The van der Waals surface area contributed by atoms with Crippen LogP contribution >= 0.6 is 72.8 Å². The number of anilines is 4. The van der Waals surface area contributed by atoms with Crippen LogP contribution in [0.2, 0.25) is 0 Å². The number of aromatic amines is 3. The van der Waals surface area contributed by atoms with Gasteiger partial charge < -0.3 is 125 Å². The molecule has 8 aromatic rings. The van der Waals surface area contributed by atoms with Gasteiger partial charge in [0.15, 0.2) is 64.9 Å². The highest BCUT2D eigenvalue weighted by Crippen LogP contribution is 2.62. The fourth-order valence-corrected chi connectivity index (χ4v) is 23.5. The molecule has 12 unspecified atom stereocenters. The molecule has 17 N–H and O–H groups in total. The maximum absolute atomic E-state index is 15.7. The number of nitrogens with two attached hydrogens (primary N) is 5. The van der Waals surface area contributed by atoms with Crippen molar-refractivity contribution in [3.05, 3.63) is 113 Å². The Balaban J connectivity index is 0.730. The molecule has 148 heavy (non-hydrogen) atoms. The zero-order valence-corrected chi connectivity index (χ0v) is 87.5. The molecule has 7 aliphatic rings. The van der Waals surface area contributed by atoms with Gasteiger partial charge in [-0.05, 0) is 32.8 Å². The summed E-state index contributed by atoms with van der Waals surface area (Å²) in [5.74, 6) is -1.14. The first-order valence-corrected chi connectivity index (χ1v) is 56.5. The molecule has 7 aliphatic heterocycles. The summed E-state index contributed by atoms with van der Waals surface area (Å²) < 4.78 is 240. The Morgan fingerprint density at radius 1 is 0.439 bits per heavy atom. The molecule has 0 bridgehead atoms. The molecule has 8 aromatic heterocycles. The summed E-state index contributed by atoms with van der Waals surface area (Å²) in [6, 6.07) is -0.726. The van der Waals surface area contributed by atoms with Crippen LogP contribution in [-0.4, -0.2) is 354 Å². The van der Waals surface area contributed by atoms with Crippen LogP contribution in [0.5, 0.6) is 0 Å². The standard InChI is InChI=1S/C77H114N23O40P5S3/c1-10-11-38-39(22-45(130-38)95-25-37(4)65(102)94-77(95)107)136-143(112,146)128-29-43-51(56(122-19-14-117-7)72(135-43)100-34-87-48-64(100)91-74(82)93-67(48)104)138-141(108,109)125-27-41-50(55(121-18-13-116-6)71(133-41)99-33-86-47-63(99)90-73(81)92-66(47)103)137-142(110,111)126-28-42-52(58(124-21-16-119-9)70(134-42)98-32-85-46-61(80)83-31-84-62(46)98)139-145(114,148)129-30-44-53(57(123-20-15-118-8)69(132-44)97-24-36(3)60(79)89-76(97)106)140-144(113,147)127-26-40-49(101)54(120-17-12-115-5)68(131-40)96-23-35(2)59(78)88-75(96)105/h23-25,31-34,38-45,49-59,68-72,101H,10-22,26-30,78H2,1-9H3,(H,88,105)(H,108,109)(H,110,111)(H,112,146)(H,113,147)(H,114,148)(H2,79,89,106)(H2,80,83,84)(H,94,102,107)(H3,81,90,92,103)(H3,82,91,93,104)/t38-,39?,40-,41-,42-,43-,44-,45-,49?,50?,51?,52?,53?,54+,55+,56+,57+,58+,59?,68-,69-,70-,71-,72-,143?,144?,145?/m1/s1. The number of nitrogens with one attached hydrogen (secondary N) is 4. The van der Waals surface area contributed by atoms with Gasteiger partial charge in [-0.25, -0.2) is 62.1 Å². The number of aryl methyl sites for hydroxylation is 2. The zero-order valence-electron chi connectivity index (χ0n) is 80.3. The number of ether oxygens (including phenoxy) is 16. The van der Waals surface area contributed by atoms with Crippen molar-refractivity contribution in [1.29, 1.82) is 0 Å². The molecule has 0 aliphatic carbocycles. The molecule has 71 heteroatoms. The fraction of sp³-hybridized carbons (Fsp3) is 0.662. The van der Waals surface area contributed by atoms with Gasteiger partial charge in [-0.1, -0.05) is 50.1 Å². The van der Waals surface area contributed by atoms with Crippen LogP contribution in [-0.2, 0) is 144 Å². The van der Waals surface area contributed by atoms with Crippen LogP contribution in [0.1, 0.15) is 75.4 Å². The topological polar surface area (TPSA) is 809 Å². The number of aliphatic hydroxyl groups is 1. The van der Waals surface area contributed by atoms with Gasteiger partial charge in [0, 0.05) is 71.7 Å². The molecule has 6 fully saturated rings. The van der Waals surface area contributed by atoms with Crippen molar-refractivity contribution in [1.82, 2.24) is 87.9 Å². The van der Waals surface area contributed by atoms with Crippen molar-refractivity contribution in [2.75, 3.05) is 158 Å². The normalized spacial score (nSPS) is 30.0. The third kappa shape index (κ3) is 26.6. The number of amides is 2. The molecule has 2 amide bonds. The van der Waals surface area contributed by atoms with Crippen molar-refractivity contribution >= 4 is 136 Å². The van der Waals surface area contributed by atoms with Gasteiger partial charge in [-0.15, -0.1) is 0 Å². The number of nitrogens with zero attached hydrogens (tertiary/aromatic N) is 14. The van der Waals surface area contributed by atoms with Crippen molar-refractivity contribution in [3.63, 3.8) is 0 Å². The summed E-state index contributed by atoms with van der Waals surface area (Å²) >= 11 is 13.2. The number of imidazole rings is 3. The predicted molar refractivity (Wildman–Crippen MR) is 516 cm³/mol. The van der Waals surface area contributed by atoms with E-state index in [2.05, 4.69) is 96.9 Å². The lowest BCUT2D eigenvalue weighted by Gasteiger charge is -2.34. The first-order chi connectivity index (χ1) is 70.5. The Bertz CT molecular complexity index is 6600. The van der Waals surface area contributed by atoms with Gasteiger partial charge >= 0.3 is 53.4 Å². The number of phosphoric ester groups is 2. The second-order valence-electron chi connectivity index (χ2n) is 34.2. The Morgan fingerprint density at radius 2 is 0.845 bits per heavy atom. The van der Waals surface area contributed by atoms with Crippen LogP contribution in [0.3, 0.4) is 0 Å². The van der Waals surface area contributed by atoms with Crippen molar-refractivity contribution in [2.45, 2.75) is 194 Å². The number of aromatic nitrogens is 16. The van der Waals surface area contributed by atoms with E-state index in [0.29, 0.717) is 12.0 Å². The Hall–Kier alpha value is -7.98. The van der Waals surface area contributed by atoms with Crippen LogP contribution in [0.25, 0.3) is 33.5 Å². The first-order valence-electron chi connectivity index (χ1n) is 45.5. The highest BCUT2D eigenvalue weighted by atomic mass is 32.7. The Morgan fingerprint density at radius 3 is 1.30 bits per heavy atom. The minimum atomic E-state index is -5.95. The van der Waals surface area contributed by atoms with E-state index in [-0.39, 0.29) is 129 Å². The lowest BCUT2D eigenvalue weighted by atomic mass is 10.1. The van der Waals surface area contributed by atoms with E-state index in [1.807, 2.05) is 6.92 Å². The van der Waals surface area contributed by atoms with Crippen molar-refractivity contribution < 1.29 is 164 Å². The molecular formula is C77H114N23O40P5S3. The number of H-pyrrole nitrogens is 3. The number of thiol groups is 3. The van der Waals surface area contributed by atoms with Crippen LogP contribution < -0.4 is 62.0 Å². The molecule has 6 saturated heterocycles. The number of aliphatic hydroxyl groups excluding tert-OH is 1. The second-order valence-corrected chi connectivity index (χ2v) is 45.6. The molecule has 29 atom stereocenters. The monoisotopic (exact) mass is 2250 g/mol. The molecule has 0 spiro atoms. The quantitative estimate of drug-likeness (QED) is 0.0138. The van der Waals surface area contributed by atoms with Gasteiger partial charge in [0.2, 0.25) is 11.9 Å². The summed E-state index contributed by atoms with van der Waals surface area (Å²) in [6.45, 7) is -15.7. The average molecular weight is 2250 g/mol. The number of hydrogen-bond acceptors (Lipinski definition) is 51. The number of carbonyl (C=O) groups excluding carboxylic acids is 1. The number of phosphoric acid groups is 2. The molecule has 0 aromatic carbocycles. The van der Waals surface area contributed by atoms with Crippen molar-refractivity contribution in [2.24, 2.45) is 5.73 Å². The van der Waals surface area contributed by atoms with Gasteiger partial charge in [-0.2, -0.15) is 15.0 Å². The second kappa shape index (κ2) is 49.2. The van der Waals surface area contributed by atoms with E-state index in [1.54, 1.807) is 6.92 Å². The lowest BCUT2D eigenvalue weighted by molar-refractivity contribution is -0.0904. The first kappa shape index (κ1) is 114. The van der Waals surface area contributed by atoms with E-state index in [0.717, 1.165) is 37.6 Å². The minimum Gasteiger partial charge on any atom is -0.387 e. The van der Waals surface area contributed by atoms with E-state index < -0.39 is 269 Å². The number of methoxy groups -OCH3 is 5. The summed E-state index contributed by atoms with van der Waals surface area (Å²) in [5.41, 5.74) is 26.3. The van der Waals surface area contributed by atoms with Gasteiger partial charge in [-0.3, -0.25) is 102 Å². The third-order valence-corrected chi connectivity index (χ3v) is 31.0. The molecule has 820 valence electrons. The summed E-state index contributed by atoms with van der Waals surface area (Å²) in [5, 5.41) is 14.4. The minimum absolute atomic E-state index is 0.0146. The summed E-state index contributed by atoms with van der Waals surface area (Å²) in [4.78, 5) is 147. The van der Waals surface area contributed by atoms with Gasteiger partial charge in [0.1, 0.15) is 122 Å². The molecular weight excluding hydrogens is 2140 g/mol. The maximum atomic E-state index is 15.7. The van der Waals surface area contributed by atoms with E-state index in [9.17, 15) is 48.2 Å². The molecule has 63 nitrogen and oxygen atoms in total. The van der Waals surface area contributed by atoms with Crippen molar-refractivity contribution in [3.8, 4) is 0 Å². The number of urea groups is 1. The van der Waals surface area contributed by atoms with Gasteiger partial charge in [0.05, 0.1) is 130 Å². The van der Waals surface area contributed by atoms with Crippen LogP contribution in [0.15, 0.2) is 73.4 Å². The molecule has 15 heterocycles. The van der Waals surface area contributed by atoms with Gasteiger partial charge in [0.25, 0.3) is 16.7 Å². The van der Waals surface area contributed by atoms with E-state index in [1.165, 1.54) is 83.5 Å². The molecule has 0 radical (unpaired) electrons. The van der Waals surface area contributed by atoms with E-state index in [4.69, 9.17) is 150 Å².